The fourth-order valence-corrected chi connectivity index (χ4v) is 4.54. The molecule has 0 radical (unpaired) electrons. The Bertz CT molecular complexity index is 1840. The monoisotopic (exact) mass is 596 g/mol. The quantitative estimate of drug-likeness (QED) is 0.101. The van der Waals surface area contributed by atoms with Crippen LogP contribution in [0.1, 0.15) is 29.7 Å². The van der Waals surface area contributed by atoms with Crippen molar-refractivity contribution >= 4 is 39.3 Å². The Hall–Kier alpha value is -4.50. The number of halogens is 4. The standard InChI is InChI=1S/C32H24ClF3O6/c1-18-14-24(15-19(2)28(18)33)39-13-5-8-27(37)40-23-11-12-25-26(17-23)42-31(32(34,35)36)30(29(25)38)41-22-10-9-20-6-3-4-7-21(20)16-22/h3-4,6-7,9-12,14-17H,5,8,13H2,1-2H3. The minimum Gasteiger partial charge on any atom is -0.494 e. The fourth-order valence-electron chi connectivity index (χ4n) is 4.43. The van der Waals surface area contributed by atoms with Crippen LogP contribution in [0.3, 0.4) is 0 Å². The lowest BCUT2D eigenvalue weighted by Gasteiger charge is -2.14. The third-order valence-electron chi connectivity index (χ3n) is 6.46. The maximum Gasteiger partial charge on any atom is 0.453 e. The highest BCUT2D eigenvalue weighted by Crippen LogP contribution is 2.39. The van der Waals surface area contributed by atoms with Crippen molar-refractivity contribution in [2.75, 3.05) is 6.61 Å². The molecule has 5 aromatic rings. The van der Waals surface area contributed by atoms with E-state index < -0.39 is 34.7 Å². The summed E-state index contributed by atoms with van der Waals surface area (Å²) in [5.41, 5.74) is 0.324. The van der Waals surface area contributed by atoms with E-state index in [1.807, 2.05) is 26.0 Å². The van der Waals surface area contributed by atoms with E-state index in [0.29, 0.717) is 17.2 Å². The molecule has 0 N–H and O–H groups in total. The third kappa shape index (κ3) is 6.36. The van der Waals surface area contributed by atoms with Crippen molar-refractivity contribution in [2.24, 2.45) is 0 Å². The molecule has 0 aliphatic heterocycles. The van der Waals surface area contributed by atoms with Gasteiger partial charge in [0.15, 0.2) is 0 Å². The van der Waals surface area contributed by atoms with Crippen LogP contribution in [0, 0.1) is 13.8 Å². The van der Waals surface area contributed by atoms with Gasteiger partial charge in [-0.1, -0.05) is 41.9 Å². The minimum absolute atomic E-state index is 0.0140. The lowest BCUT2D eigenvalue weighted by molar-refractivity contribution is -0.154. The molecule has 216 valence electrons. The summed E-state index contributed by atoms with van der Waals surface area (Å²) in [4.78, 5) is 25.5. The normalized spacial score (nSPS) is 11.6. The van der Waals surface area contributed by atoms with Gasteiger partial charge in [0, 0.05) is 17.5 Å². The van der Waals surface area contributed by atoms with Gasteiger partial charge in [-0.05, 0) is 78.6 Å². The Kier molecular flexibility index (Phi) is 8.13. The summed E-state index contributed by atoms with van der Waals surface area (Å²) >= 11 is 6.16. The summed E-state index contributed by atoms with van der Waals surface area (Å²) in [7, 11) is 0. The molecule has 1 aromatic heterocycles. The van der Waals surface area contributed by atoms with Crippen molar-refractivity contribution in [1.29, 1.82) is 0 Å². The molecule has 6 nitrogen and oxygen atoms in total. The van der Waals surface area contributed by atoms with Gasteiger partial charge in [0.25, 0.3) is 5.76 Å². The smallest absolute Gasteiger partial charge is 0.453 e. The van der Waals surface area contributed by atoms with Crippen LogP contribution < -0.4 is 19.6 Å². The molecule has 5 rings (SSSR count). The first-order valence-electron chi connectivity index (χ1n) is 12.9. The summed E-state index contributed by atoms with van der Waals surface area (Å²) in [5.74, 6) is -2.62. The molecule has 0 fully saturated rings. The number of rotatable bonds is 8. The number of hydrogen-bond acceptors (Lipinski definition) is 6. The largest absolute Gasteiger partial charge is 0.494 e. The van der Waals surface area contributed by atoms with E-state index in [9.17, 15) is 22.8 Å². The van der Waals surface area contributed by atoms with Crippen LogP contribution in [0.15, 0.2) is 82.0 Å². The van der Waals surface area contributed by atoms with Crippen molar-refractivity contribution in [3.63, 3.8) is 0 Å². The molecule has 1 heterocycles. The Morgan fingerprint density at radius 1 is 0.881 bits per heavy atom. The zero-order valence-electron chi connectivity index (χ0n) is 22.5. The molecular formula is C32H24ClF3O6. The first kappa shape index (κ1) is 29.0. The van der Waals surface area contributed by atoms with Crippen LogP contribution >= 0.6 is 11.6 Å². The van der Waals surface area contributed by atoms with Crippen LogP contribution in [-0.4, -0.2) is 12.6 Å². The van der Waals surface area contributed by atoms with E-state index in [1.54, 1.807) is 30.3 Å². The van der Waals surface area contributed by atoms with Gasteiger partial charge in [-0.15, -0.1) is 0 Å². The number of aryl methyl sites for hydroxylation is 2. The topological polar surface area (TPSA) is 75.0 Å². The van der Waals surface area contributed by atoms with Crippen LogP contribution in [0.25, 0.3) is 21.7 Å². The first-order valence-corrected chi connectivity index (χ1v) is 13.3. The van der Waals surface area contributed by atoms with Crippen LogP contribution in [0.2, 0.25) is 5.02 Å². The number of carbonyl (C=O) groups excluding carboxylic acids is 1. The van der Waals surface area contributed by atoms with Crippen molar-refractivity contribution in [3.05, 3.63) is 105 Å². The summed E-state index contributed by atoms with van der Waals surface area (Å²) in [6.45, 7) is 3.96. The lowest BCUT2D eigenvalue weighted by Crippen LogP contribution is -2.15. The van der Waals surface area contributed by atoms with E-state index in [0.717, 1.165) is 28.0 Å². The fraction of sp³-hybridized carbons (Fsp3) is 0.188. The number of alkyl halides is 3. The molecule has 0 aliphatic carbocycles. The molecule has 4 aromatic carbocycles. The second kappa shape index (κ2) is 11.8. The Morgan fingerprint density at radius 2 is 1.57 bits per heavy atom. The van der Waals surface area contributed by atoms with Gasteiger partial charge < -0.3 is 18.6 Å². The second-order valence-corrected chi connectivity index (χ2v) is 10.0. The summed E-state index contributed by atoms with van der Waals surface area (Å²) in [5, 5.41) is 2.07. The number of ether oxygens (including phenoxy) is 3. The van der Waals surface area contributed by atoms with Crippen molar-refractivity contribution in [3.8, 4) is 23.0 Å². The zero-order valence-corrected chi connectivity index (χ0v) is 23.3. The molecule has 0 aliphatic rings. The van der Waals surface area contributed by atoms with Crippen molar-refractivity contribution in [1.82, 2.24) is 0 Å². The maximum absolute atomic E-state index is 14.0. The predicted molar refractivity (Wildman–Crippen MR) is 153 cm³/mol. The van der Waals surface area contributed by atoms with Gasteiger partial charge in [0.05, 0.1) is 12.0 Å². The Labute approximate surface area is 243 Å². The average Bonchev–Trinajstić information content (AvgIpc) is 2.94. The predicted octanol–water partition coefficient (Wildman–Crippen LogP) is 8.79. The third-order valence-corrected chi connectivity index (χ3v) is 7.05. The lowest BCUT2D eigenvalue weighted by atomic mass is 10.1. The molecule has 42 heavy (non-hydrogen) atoms. The Morgan fingerprint density at radius 3 is 2.29 bits per heavy atom. The molecule has 0 saturated carbocycles. The summed E-state index contributed by atoms with van der Waals surface area (Å²) in [6, 6.07) is 19.1. The maximum atomic E-state index is 14.0. The van der Waals surface area contributed by atoms with E-state index in [2.05, 4.69) is 0 Å². The highest BCUT2D eigenvalue weighted by molar-refractivity contribution is 6.32. The number of fused-ring (bicyclic) bond motifs is 2. The molecule has 0 bridgehead atoms. The van der Waals surface area contributed by atoms with E-state index in [1.165, 1.54) is 24.3 Å². The second-order valence-electron chi connectivity index (χ2n) is 9.65. The van der Waals surface area contributed by atoms with Gasteiger partial charge in [-0.3, -0.25) is 9.59 Å². The number of benzene rings is 4. The van der Waals surface area contributed by atoms with Crippen molar-refractivity contribution in [2.45, 2.75) is 32.9 Å². The first-order chi connectivity index (χ1) is 20.0. The average molecular weight is 597 g/mol. The van der Waals surface area contributed by atoms with Gasteiger partial charge in [0.1, 0.15) is 22.8 Å². The highest BCUT2D eigenvalue weighted by atomic mass is 35.5. The number of esters is 1. The highest BCUT2D eigenvalue weighted by Gasteiger charge is 2.40. The van der Waals surface area contributed by atoms with Crippen LogP contribution in [0.4, 0.5) is 13.2 Å². The van der Waals surface area contributed by atoms with Gasteiger partial charge >= 0.3 is 12.1 Å². The van der Waals surface area contributed by atoms with Gasteiger partial charge in [-0.2, -0.15) is 13.2 Å². The Balaban J connectivity index is 1.31. The SMILES string of the molecule is Cc1cc(OCCCC(=O)Oc2ccc3c(=O)c(Oc4ccc5ccccc5c4)c(C(F)(F)F)oc3c2)cc(C)c1Cl. The molecule has 0 spiro atoms. The van der Waals surface area contributed by atoms with Gasteiger partial charge in [0.2, 0.25) is 11.2 Å². The molecule has 0 amide bonds. The van der Waals surface area contributed by atoms with Crippen molar-refractivity contribution < 1.29 is 36.6 Å². The molecule has 0 unspecified atom stereocenters. The number of hydrogen-bond donors (Lipinski definition) is 0. The van der Waals surface area contributed by atoms with E-state index in [-0.39, 0.29) is 29.9 Å². The minimum atomic E-state index is -5.03. The van der Waals surface area contributed by atoms with Crippen LogP contribution in [-0.2, 0) is 11.0 Å². The summed E-state index contributed by atoms with van der Waals surface area (Å²) < 4.78 is 63.4. The number of carbonyl (C=O) groups is 1. The zero-order chi connectivity index (χ0) is 30.0. The van der Waals surface area contributed by atoms with E-state index in [4.69, 9.17) is 30.2 Å². The molecule has 0 atom stereocenters. The molecule has 0 saturated heterocycles. The molecular weight excluding hydrogens is 573 g/mol. The van der Waals surface area contributed by atoms with Gasteiger partial charge in [-0.25, -0.2) is 0 Å². The van der Waals surface area contributed by atoms with E-state index >= 15 is 0 Å². The van der Waals surface area contributed by atoms with Crippen LogP contribution in [0.5, 0.6) is 23.0 Å². The molecule has 10 heteroatoms. The summed E-state index contributed by atoms with van der Waals surface area (Å²) in [6.07, 6.45) is -4.72.